The van der Waals surface area contributed by atoms with Crippen LogP contribution >= 0.6 is 0 Å². The largest absolute Gasteiger partial charge is 0.388 e. The van der Waals surface area contributed by atoms with E-state index in [4.69, 9.17) is 0 Å². The average Bonchev–Trinajstić information content (AvgIpc) is 2.77. The fourth-order valence-electron chi connectivity index (χ4n) is 3.11. The number of carbonyl (C=O) groups is 1. The number of nitrogens with one attached hydrogen (secondary N) is 2. The van der Waals surface area contributed by atoms with Gasteiger partial charge in [0.05, 0.1) is 11.5 Å². The number of amides is 1. The molecule has 1 amide bonds. The van der Waals surface area contributed by atoms with E-state index in [-0.39, 0.29) is 11.8 Å². The topological polar surface area (TPSA) is 61.4 Å². The van der Waals surface area contributed by atoms with Gasteiger partial charge in [-0.1, -0.05) is 20.8 Å². The molecule has 2 atom stereocenters. The Balaban J connectivity index is 1.80. The van der Waals surface area contributed by atoms with Gasteiger partial charge in [-0.25, -0.2) is 0 Å². The second kappa shape index (κ2) is 5.41. The summed E-state index contributed by atoms with van der Waals surface area (Å²) in [5.41, 5.74) is -0.361. The van der Waals surface area contributed by atoms with E-state index in [0.717, 1.165) is 38.8 Å². The van der Waals surface area contributed by atoms with Crippen molar-refractivity contribution in [1.82, 2.24) is 10.6 Å². The first-order valence-corrected chi connectivity index (χ1v) is 7.52. The fourth-order valence-corrected chi connectivity index (χ4v) is 3.11. The van der Waals surface area contributed by atoms with Gasteiger partial charge in [0.15, 0.2) is 0 Å². The molecule has 0 aromatic carbocycles. The Hall–Kier alpha value is -0.610. The predicted molar refractivity (Wildman–Crippen MR) is 75.7 cm³/mol. The number of hydrogen-bond acceptors (Lipinski definition) is 3. The van der Waals surface area contributed by atoms with E-state index in [1.54, 1.807) is 0 Å². The molecule has 0 radical (unpaired) electrons. The monoisotopic (exact) mass is 268 g/mol. The van der Waals surface area contributed by atoms with Gasteiger partial charge < -0.3 is 15.7 Å². The Morgan fingerprint density at radius 1 is 1.26 bits per heavy atom. The highest BCUT2D eigenvalue weighted by atomic mass is 16.3. The van der Waals surface area contributed by atoms with Crippen molar-refractivity contribution in [2.45, 2.75) is 52.1 Å². The minimum absolute atomic E-state index is 0.0589. The van der Waals surface area contributed by atoms with Gasteiger partial charge in [0.2, 0.25) is 5.91 Å². The van der Waals surface area contributed by atoms with E-state index in [2.05, 4.69) is 31.4 Å². The van der Waals surface area contributed by atoms with Crippen LogP contribution in [-0.4, -0.2) is 36.2 Å². The molecule has 0 aromatic rings. The van der Waals surface area contributed by atoms with Gasteiger partial charge in [0, 0.05) is 13.1 Å². The summed E-state index contributed by atoms with van der Waals surface area (Å²) in [4.78, 5) is 12.1. The summed E-state index contributed by atoms with van der Waals surface area (Å²) in [6.45, 7) is 8.68. The number of hydrogen-bond donors (Lipinski definition) is 3. The Morgan fingerprint density at radius 3 is 2.42 bits per heavy atom. The van der Waals surface area contributed by atoms with Gasteiger partial charge >= 0.3 is 0 Å². The minimum atomic E-state index is -0.694. The average molecular weight is 268 g/mol. The summed E-state index contributed by atoms with van der Waals surface area (Å²) >= 11 is 0. The molecule has 110 valence electrons. The van der Waals surface area contributed by atoms with Crippen LogP contribution in [0.3, 0.4) is 0 Å². The van der Waals surface area contributed by atoms with Gasteiger partial charge in [-0.2, -0.15) is 0 Å². The molecule has 1 saturated carbocycles. The first-order chi connectivity index (χ1) is 8.81. The molecule has 1 saturated heterocycles. The summed E-state index contributed by atoms with van der Waals surface area (Å²) in [7, 11) is 0. The van der Waals surface area contributed by atoms with Crippen LogP contribution in [0.25, 0.3) is 0 Å². The first kappa shape index (κ1) is 14.8. The smallest absolute Gasteiger partial charge is 0.224 e. The standard InChI is InChI=1S/C15H28N2O2/c1-11-8-16-9-12(11)13(18)17-10-15(19)6-4-14(2,3)5-7-15/h11-12,16,19H,4-10H2,1-3H3,(H,17,18)/t11-,12-/m1/s1. The second-order valence-corrected chi connectivity index (χ2v) is 7.35. The van der Waals surface area contributed by atoms with Crippen LogP contribution in [0.15, 0.2) is 0 Å². The zero-order chi connectivity index (χ0) is 14.1. The van der Waals surface area contributed by atoms with Gasteiger partial charge in [-0.15, -0.1) is 0 Å². The molecule has 4 heteroatoms. The predicted octanol–water partition coefficient (Wildman–Crippen LogP) is 1.29. The van der Waals surface area contributed by atoms with Crippen LogP contribution in [0.2, 0.25) is 0 Å². The third-order valence-corrected chi connectivity index (χ3v) is 4.98. The summed E-state index contributed by atoms with van der Waals surface area (Å²) in [5.74, 6) is 0.541. The maximum Gasteiger partial charge on any atom is 0.224 e. The van der Waals surface area contributed by atoms with Crippen LogP contribution < -0.4 is 10.6 Å². The normalized spacial score (nSPS) is 33.1. The van der Waals surface area contributed by atoms with Crippen molar-refractivity contribution in [3.63, 3.8) is 0 Å². The van der Waals surface area contributed by atoms with Crippen LogP contribution in [0.4, 0.5) is 0 Å². The fraction of sp³-hybridized carbons (Fsp3) is 0.933. The zero-order valence-corrected chi connectivity index (χ0v) is 12.5. The lowest BCUT2D eigenvalue weighted by atomic mass is 9.71. The lowest BCUT2D eigenvalue weighted by molar-refractivity contribution is -0.127. The number of carbonyl (C=O) groups excluding carboxylic acids is 1. The van der Waals surface area contributed by atoms with Crippen molar-refractivity contribution in [1.29, 1.82) is 0 Å². The first-order valence-electron chi connectivity index (χ1n) is 7.52. The molecule has 19 heavy (non-hydrogen) atoms. The molecule has 0 aromatic heterocycles. The Kier molecular flexibility index (Phi) is 4.21. The lowest BCUT2D eigenvalue weighted by Gasteiger charge is -2.40. The molecular weight excluding hydrogens is 240 g/mol. The SMILES string of the molecule is C[C@@H]1CNC[C@H]1C(=O)NCC1(O)CCC(C)(C)CC1. The minimum Gasteiger partial charge on any atom is -0.388 e. The molecule has 0 unspecified atom stereocenters. The molecular formula is C15H28N2O2. The van der Waals surface area contributed by atoms with Gasteiger partial charge in [0.1, 0.15) is 0 Å². The summed E-state index contributed by atoms with van der Waals surface area (Å²) < 4.78 is 0. The third kappa shape index (κ3) is 3.69. The van der Waals surface area contributed by atoms with Crippen LogP contribution in [0, 0.1) is 17.3 Å². The van der Waals surface area contributed by atoms with Crippen molar-refractivity contribution >= 4 is 5.91 Å². The van der Waals surface area contributed by atoms with Gasteiger partial charge in [0.25, 0.3) is 0 Å². The molecule has 2 aliphatic rings. The van der Waals surface area contributed by atoms with Crippen LogP contribution in [0.5, 0.6) is 0 Å². The summed E-state index contributed by atoms with van der Waals surface area (Å²) in [6.07, 6.45) is 3.64. The maximum absolute atomic E-state index is 12.1. The van der Waals surface area contributed by atoms with Gasteiger partial charge in [-0.3, -0.25) is 4.79 Å². The van der Waals surface area contributed by atoms with E-state index in [9.17, 15) is 9.90 Å². The van der Waals surface area contributed by atoms with Crippen molar-refractivity contribution in [2.24, 2.45) is 17.3 Å². The molecule has 1 aliphatic heterocycles. The molecule has 0 spiro atoms. The van der Waals surface area contributed by atoms with Gasteiger partial charge in [-0.05, 0) is 43.6 Å². The third-order valence-electron chi connectivity index (χ3n) is 4.98. The van der Waals surface area contributed by atoms with Crippen molar-refractivity contribution in [3.8, 4) is 0 Å². The molecule has 3 N–H and O–H groups in total. The maximum atomic E-state index is 12.1. The number of rotatable bonds is 3. The zero-order valence-electron chi connectivity index (χ0n) is 12.5. The second-order valence-electron chi connectivity index (χ2n) is 7.35. The van der Waals surface area contributed by atoms with Crippen molar-refractivity contribution < 1.29 is 9.90 Å². The molecule has 1 heterocycles. The highest BCUT2D eigenvalue weighted by molar-refractivity contribution is 5.79. The van der Waals surface area contributed by atoms with E-state index in [0.29, 0.717) is 17.9 Å². The highest BCUT2D eigenvalue weighted by Crippen LogP contribution is 2.39. The van der Waals surface area contributed by atoms with E-state index >= 15 is 0 Å². The molecule has 1 aliphatic carbocycles. The van der Waals surface area contributed by atoms with Crippen LogP contribution in [0.1, 0.15) is 46.5 Å². The lowest BCUT2D eigenvalue weighted by Crippen LogP contribution is -2.48. The van der Waals surface area contributed by atoms with Crippen molar-refractivity contribution in [2.75, 3.05) is 19.6 Å². The Bertz CT molecular complexity index is 331. The quantitative estimate of drug-likeness (QED) is 0.723. The number of aliphatic hydroxyl groups is 1. The highest BCUT2D eigenvalue weighted by Gasteiger charge is 2.38. The molecule has 2 rings (SSSR count). The van der Waals surface area contributed by atoms with E-state index in [1.165, 1.54) is 0 Å². The molecule has 0 bridgehead atoms. The van der Waals surface area contributed by atoms with E-state index < -0.39 is 5.60 Å². The van der Waals surface area contributed by atoms with Crippen LogP contribution in [-0.2, 0) is 4.79 Å². The van der Waals surface area contributed by atoms with Crippen molar-refractivity contribution in [3.05, 3.63) is 0 Å². The Morgan fingerprint density at radius 2 is 1.89 bits per heavy atom. The molecule has 4 nitrogen and oxygen atoms in total. The summed E-state index contributed by atoms with van der Waals surface area (Å²) in [5, 5.41) is 16.7. The summed E-state index contributed by atoms with van der Waals surface area (Å²) in [6, 6.07) is 0. The Labute approximate surface area is 116 Å². The molecule has 2 fully saturated rings. The van der Waals surface area contributed by atoms with E-state index in [1.807, 2.05) is 0 Å².